The topological polar surface area (TPSA) is 152 Å². The van der Waals surface area contributed by atoms with Crippen molar-refractivity contribution in [3.63, 3.8) is 0 Å². The summed E-state index contributed by atoms with van der Waals surface area (Å²) in [5.41, 5.74) is 1.45. The van der Waals surface area contributed by atoms with Gasteiger partial charge < -0.3 is 28.7 Å². The van der Waals surface area contributed by atoms with Crippen LogP contribution < -0.4 is 11.1 Å². The maximum absolute atomic E-state index is 12.9. The normalized spacial score (nSPS) is 24.3. The summed E-state index contributed by atoms with van der Waals surface area (Å²) in [6, 6.07) is 3.89. The van der Waals surface area contributed by atoms with E-state index >= 15 is 0 Å². The van der Waals surface area contributed by atoms with E-state index in [-0.39, 0.29) is 12.2 Å². The van der Waals surface area contributed by atoms with E-state index in [9.17, 15) is 24.0 Å². The maximum atomic E-state index is 12.9. The van der Waals surface area contributed by atoms with E-state index in [2.05, 4.69) is 5.32 Å². The predicted octanol–water partition coefficient (Wildman–Crippen LogP) is 0.732. The third kappa shape index (κ3) is 5.45. The van der Waals surface area contributed by atoms with Crippen molar-refractivity contribution in [3.05, 3.63) is 34.3 Å². The van der Waals surface area contributed by atoms with Gasteiger partial charge in [-0.15, -0.1) is 0 Å². The number of hydrogen-bond donors (Lipinski definition) is 1. The summed E-state index contributed by atoms with van der Waals surface area (Å²) in [5.74, 6) is -3.39. The minimum Gasteiger partial charge on any atom is -0.463 e. The van der Waals surface area contributed by atoms with Gasteiger partial charge >= 0.3 is 23.7 Å². The van der Waals surface area contributed by atoms with Gasteiger partial charge in [0, 0.05) is 27.7 Å². The smallest absolute Gasteiger partial charge is 0.422 e. The third-order valence-electron chi connectivity index (χ3n) is 5.11. The van der Waals surface area contributed by atoms with E-state index in [1.54, 1.807) is 18.2 Å². The average molecular weight is 478 g/mol. The molecule has 0 aliphatic carbocycles. The molecule has 2 heterocycles. The largest absolute Gasteiger partial charge is 0.463 e. The molecule has 5 atom stereocenters. The van der Waals surface area contributed by atoms with Crippen LogP contribution in [-0.4, -0.2) is 59.3 Å². The van der Waals surface area contributed by atoms with E-state index in [4.69, 9.17) is 23.4 Å². The highest BCUT2D eigenvalue weighted by Crippen LogP contribution is 2.34. The van der Waals surface area contributed by atoms with Crippen LogP contribution in [0.5, 0.6) is 0 Å². The molecule has 0 saturated carbocycles. The fraction of sp³-hybridized carbons (Fsp3) is 0.500. The van der Waals surface area contributed by atoms with E-state index in [1.807, 2.05) is 6.92 Å². The number of rotatable bonds is 6. The second-order valence-corrected chi connectivity index (χ2v) is 7.95. The van der Waals surface area contributed by atoms with Crippen LogP contribution in [0.25, 0.3) is 11.1 Å². The average Bonchev–Trinajstić information content (AvgIpc) is 3.03. The lowest BCUT2D eigenvalue weighted by Crippen LogP contribution is -2.64. The highest BCUT2D eigenvalue weighted by atomic mass is 16.6. The molecule has 0 radical (unpaired) electrons. The number of oxazole rings is 1. The van der Waals surface area contributed by atoms with Crippen molar-refractivity contribution >= 4 is 34.9 Å². The van der Waals surface area contributed by atoms with Crippen LogP contribution in [0.15, 0.2) is 27.4 Å². The van der Waals surface area contributed by atoms with Gasteiger partial charge in [-0.2, -0.15) is 0 Å². The van der Waals surface area contributed by atoms with Crippen LogP contribution in [0.1, 0.15) is 39.5 Å². The molecule has 1 aromatic heterocycles. The van der Waals surface area contributed by atoms with Crippen LogP contribution in [-0.2, 0) is 38.1 Å². The van der Waals surface area contributed by atoms with Crippen molar-refractivity contribution in [2.45, 2.75) is 65.2 Å². The lowest BCUT2D eigenvalue weighted by Gasteiger charge is -2.45. The van der Waals surface area contributed by atoms with Crippen LogP contribution in [0, 0.1) is 6.92 Å². The molecule has 1 aromatic carbocycles. The minimum absolute atomic E-state index is 0.267. The Hall–Kier alpha value is -3.67. The van der Waals surface area contributed by atoms with Gasteiger partial charge in [0.15, 0.2) is 24.0 Å². The van der Waals surface area contributed by atoms with Gasteiger partial charge in [-0.3, -0.25) is 19.2 Å². The van der Waals surface area contributed by atoms with E-state index < -0.39 is 60.2 Å². The Bertz CT molecular complexity index is 1170. The number of carbonyl (C=O) groups excluding carboxylic acids is 4. The molecule has 0 spiro atoms. The molecule has 1 N–H and O–H groups in total. The van der Waals surface area contributed by atoms with Gasteiger partial charge in [-0.25, -0.2) is 9.36 Å². The van der Waals surface area contributed by atoms with Crippen LogP contribution >= 0.6 is 0 Å². The Labute approximate surface area is 194 Å². The summed E-state index contributed by atoms with van der Waals surface area (Å²) in [6.45, 7) is 6.14. The van der Waals surface area contributed by atoms with Gasteiger partial charge in [0.25, 0.3) is 0 Å². The Morgan fingerprint density at radius 1 is 1.00 bits per heavy atom. The number of aromatic nitrogens is 1. The molecule has 1 aliphatic heterocycles. The zero-order valence-electron chi connectivity index (χ0n) is 19.4. The molecule has 2 aromatic rings. The molecule has 1 aliphatic rings. The number of benzene rings is 1. The van der Waals surface area contributed by atoms with E-state index in [0.29, 0.717) is 5.52 Å². The van der Waals surface area contributed by atoms with Gasteiger partial charge in [-0.05, 0) is 24.6 Å². The summed E-state index contributed by atoms with van der Waals surface area (Å²) >= 11 is 0. The first-order valence-corrected chi connectivity index (χ1v) is 10.5. The molecule has 1 saturated heterocycles. The number of nitrogens with one attached hydrogen (secondary N) is 1. The lowest BCUT2D eigenvalue weighted by molar-refractivity contribution is -0.237. The molecule has 0 unspecified atom stereocenters. The summed E-state index contributed by atoms with van der Waals surface area (Å²) in [6.07, 6.45) is -4.96. The number of carbonyl (C=O) groups is 4. The number of nitrogens with zero attached hydrogens (tertiary/aromatic N) is 1. The number of aryl methyl sites for hydroxylation is 1. The first-order valence-electron chi connectivity index (χ1n) is 10.5. The van der Waals surface area contributed by atoms with Gasteiger partial charge in [0.05, 0.1) is 5.52 Å². The standard InChI is InChI=1S/C22H26N2O10/c1-10-6-7-16-15(8-10)24(22(29)34-16)21-18(23-11(2)25)20(32-14(5)28)19(31-13(4)27)17(33-21)9-30-12(3)26/h6-8,17-21H,9H2,1-5H3,(H,23,25)/t17-,18-,19+,20+,21+/m1/s1. The van der Waals surface area contributed by atoms with Crippen molar-refractivity contribution in [2.24, 2.45) is 0 Å². The van der Waals surface area contributed by atoms with Crippen LogP contribution in [0.4, 0.5) is 0 Å². The van der Waals surface area contributed by atoms with Gasteiger partial charge in [-0.1, -0.05) is 6.07 Å². The number of ether oxygens (including phenoxy) is 4. The molecule has 1 fully saturated rings. The second kappa shape index (κ2) is 10.1. The molecule has 184 valence electrons. The Kier molecular flexibility index (Phi) is 7.40. The molecule has 12 nitrogen and oxygen atoms in total. The van der Waals surface area contributed by atoms with Crippen LogP contribution in [0.2, 0.25) is 0 Å². The van der Waals surface area contributed by atoms with Crippen molar-refractivity contribution in [1.82, 2.24) is 9.88 Å². The SMILES string of the molecule is CC(=O)N[C@@H]1[C@H](OC(C)=O)[C@@H](OC(C)=O)[C@@H](COC(C)=O)O[C@@H]1n1c(=O)oc2ccc(C)cc21. The van der Waals surface area contributed by atoms with Crippen LogP contribution in [0.3, 0.4) is 0 Å². The highest BCUT2D eigenvalue weighted by molar-refractivity contribution is 5.75. The zero-order valence-corrected chi connectivity index (χ0v) is 19.4. The molecule has 3 rings (SSSR count). The minimum atomic E-state index is -1.29. The fourth-order valence-electron chi connectivity index (χ4n) is 3.91. The van der Waals surface area contributed by atoms with Crippen molar-refractivity contribution in [3.8, 4) is 0 Å². The Balaban J connectivity index is 2.19. The summed E-state index contributed by atoms with van der Waals surface area (Å²) in [7, 11) is 0. The van der Waals surface area contributed by atoms with E-state index in [0.717, 1.165) is 19.4 Å². The summed E-state index contributed by atoms with van der Waals surface area (Å²) in [5, 5.41) is 2.63. The summed E-state index contributed by atoms with van der Waals surface area (Å²) in [4.78, 5) is 60.2. The first kappa shape index (κ1) is 25.0. The lowest BCUT2D eigenvalue weighted by atomic mass is 9.94. The van der Waals surface area contributed by atoms with Crippen molar-refractivity contribution in [1.29, 1.82) is 0 Å². The number of fused-ring (bicyclic) bond motifs is 1. The number of amides is 1. The van der Waals surface area contributed by atoms with Crippen molar-refractivity contribution < 1.29 is 42.5 Å². The number of esters is 3. The van der Waals surface area contributed by atoms with Gasteiger partial charge in [0.1, 0.15) is 18.8 Å². The molecule has 12 heteroatoms. The molecular weight excluding hydrogens is 452 g/mol. The monoisotopic (exact) mass is 478 g/mol. The van der Waals surface area contributed by atoms with E-state index in [1.165, 1.54) is 18.4 Å². The van der Waals surface area contributed by atoms with Crippen molar-refractivity contribution in [2.75, 3.05) is 6.61 Å². The Morgan fingerprint density at radius 3 is 2.24 bits per heavy atom. The second-order valence-electron chi connectivity index (χ2n) is 7.95. The fourth-order valence-corrected chi connectivity index (χ4v) is 3.91. The molecule has 34 heavy (non-hydrogen) atoms. The predicted molar refractivity (Wildman–Crippen MR) is 114 cm³/mol. The first-order chi connectivity index (χ1) is 16.0. The summed E-state index contributed by atoms with van der Waals surface area (Å²) < 4.78 is 28.5. The number of hydrogen-bond acceptors (Lipinski definition) is 10. The quantitative estimate of drug-likeness (QED) is 0.464. The highest BCUT2D eigenvalue weighted by Gasteiger charge is 2.52. The maximum Gasteiger partial charge on any atom is 0.422 e. The van der Waals surface area contributed by atoms with Gasteiger partial charge in [0.2, 0.25) is 5.91 Å². The molecular formula is C22H26N2O10. The Morgan fingerprint density at radius 2 is 1.65 bits per heavy atom. The zero-order chi connectivity index (χ0) is 25.2. The molecule has 1 amide bonds. The third-order valence-corrected chi connectivity index (χ3v) is 5.11. The molecule has 0 bridgehead atoms.